The Labute approximate surface area is 216 Å². The number of fused-ring (bicyclic) bond motifs is 1. The van der Waals surface area contributed by atoms with Crippen LogP contribution in [0.2, 0.25) is 0 Å². The van der Waals surface area contributed by atoms with Crippen LogP contribution in [0.1, 0.15) is 39.5 Å². The molecule has 0 bridgehead atoms. The lowest BCUT2D eigenvalue weighted by molar-refractivity contribution is -0.142. The summed E-state index contributed by atoms with van der Waals surface area (Å²) in [5, 5.41) is 0. The van der Waals surface area contributed by atoms with Crippen LogP contribution in [0.3, 0.4) is 0 Å². The monoisotopic (exact) mass is 505 g/mol. The predicted octanol–water partition coefficient (Wildman–Crippen LogP) is 4.44. The Morgan fingerprint density at radius 1 is 0.892 bits per heavy atom. The molecule has 3 aromatic rings. The van der Waals surface area contributed by atoms with E-state index in [0.29, 0.717) is 35.1 Å². The van der Waals surface area contributed by atoms with Gasteiger partial charge in [0.05, 0.1) is 40.0 Å². The summed E-state index contributed by atoms with van der Waals surface area (Å²) < 4.78 is 27.0. The Hall–Kier alpha value is -4.20. The van der Waals surface area contributed by atoms with Crippen LogP contribution in [0.25, 0.3) is 0 Å². The molecule has 1 amide bonds. The highest BCUT2D eigenvalue weighted by molar-refractivity contribution is 6.02. The van der Waals surface area contributed by atoms with Gasteiger partial charge in [-0.1, -0.05) is 42.5 Å². The van der Waals surface area contributed by atoms with Gasteiger partial charge in [-0.15, -0.1) is 0 Å². The smallest absolute Gasteiger partial charge is 0.343 e. The lowest BCUT2D eigenvalue weighted by Crippen LogP contribution is -2.30. The third-order valence-electron chi connectivity index (χ3n) is 6.43. The molecule has 0 N–H and O–H groups in total. The summed E-state index contributed by atoms with van der Waals surface area (Å²) in [6.07, 6.45) is 1.63. The average molecular weight is 506 g/mol. The summed E-state index contributed by atoms with van der Waals surface area (Å²) in [4.78, 5) is 27.0. The van der Waals surface area contributed by atoms with Crippen molar-refractivity contribution in [2.75, 3.05) is 41.6 Å². The lowest BCUT2D eigenvalue weighted by Gasteiger charge is -2.27. The van der Waals surface area contributed by atoms with Crippen LogP contribution in [-0.4, -0.2) is 58.4 Å². The maximum atomic E-state index is 13.7. The van der Waals surface area contributed by atoms with Gasteiger partial charge in [-0.3, -0.25) is 4.79 Å². The molecule has 1 unspecified atom stereocenters. The van der Waals surface area contributed by atoms with Crippen molar-refractivity contribution in [3.05, 3.63) is 82.9 Å². The topological polar surface area (TPSA) is 83.5 Å². The van der Waals surface area contributed by atoms with Gasteiger partial charge in [-0.2, -0.15) is 0 Å². The third kappa shape index (κ3) is 5.33. The Bertz CT molecular complexity index is 1240. The first kappa shape index (κ1) is 25.9. The second kappa shape index (κ2) is 11.7. The number of aryl methyl sites for hydroxylation is 1. The van der Waals surface area contributed by atoms with E-state index in [1.807, 2.05) is 35.2 Å². The Kier molecular flexibility index (Phi) is 8.18. The van der Waals surface area contributed by atoms with Crippen LogP contribution in [0.5, 0.6) is 23.0 Å². The van der Waals surface area contributed by atoms with Crippen LogP contribution in [-0.2, 0) is 16.0 Å². The molecule has 0 saturated heterocycles. The second-order valence-corrected chi connectivity index (χ2v) is 8.53. The zero-order chi connectivity index (χ0) is 26.4. The van der Waals surface area contributed by atoms with Gasteiger partial charge in [0.1, 0.15) is 5.75 Å². The highest BCUT2D eigenvalue weighted by atomic mass is 16.6. The first-order valence-corrected chi connectivity index (χ1v) is 12.0. The Morgan fingerprint density at radius 3 is 2.22 bits per heavy atom. The van der Waals surface area contributed by atoms with E-state index in [0.717, 1.165) is 24.0 Å². The van der Waals surface area contributed by atoms with Crippen LogP contribution < -0.4 is 18.9 Å². The number of benzene rings is 3. The molecule has 1 heterocycles. The molecule has 194 valence electrons. The minimum Gasteiger partial charge on any atom is -0.493 e. The summed E-state index contributed by atoms with van der Waals surface area (Å²) in [5.41, 5.74) is 3.34. The number of carbonyl (C=O) groups excluding carboxylic acids is 2. The van der Waals surface area contributed by atoms with Crippen molar-refractivity contribution in [2.45, 2.75) is 18.9 Å². The van der Waals surface area contributed by atoms with Crippen molar-refractivity contribution in [1.29, 1.82) is 0 Å². The molecule has 4 rings (SSSR count). The van der Waals surface area contributed by atoms with E-state index in [-0.39, 0.29) is 12.5 Å². The number of nitrogens with zero attached hydrogens (tertiary/aromatic N) is 1. The van der Waals surface area contributed by atoms with Gasteiger partial charge < -0.3 is 28.6 Å². The van der Waals surface area contributed by atoms with Crippen LogP contribution >= 0.6 is 0 Å². The standard InChI is InChI=1S/C29H31NO7/c1-33-23-17-22-25(28(36-4)27(23)35-3)26(20-12-14-21(15-13-20)37-18-24(31)34-2)30(29(22)32)16-8-11-19-9-6-5-7-10-19/h5-7,9-10,12-15,17,26H,8,11,16,18H2,1-4H3. The van der Waals surface area contributed by atoms with E-state index in [2.05, 4.69) is 16.9 Å². The molecular formula is C29H31NO7. The summed E-state index contributed by atoms with van der Waals surface area (Å²) in [7, 11) is 5.95. The minimum atomic E-state index is -0.463. The molecule has 8 nitrogen and oxygen atoms in total. The normalized spacial score (nSPS) is 14.2. The van der Waals surface area contributed by atoms with E-state index < -0.39 is 12.0 Å². The molecule has 8 heteroatoms. The van der Waals surface area contributed by atoms with Crippen LogP contribution in [0.4, 0.5) is 0 Å². The minimum absolute atomic E-state index is 0.0988. The zero-order valence-electron chi connectivity index (χ0n) is 21.5. The van der Waals surface area contributed by atoms with Gasteiger partial charge in [0.15, 0.2) is 18.1 Å². The first-order chi connectivity index (χ1) is 18.0. The summed E-state index contributed by atoms with van der Waals surface area (Å²) in [5.74, 6) is 1.29. The number of carbonyl (C=O) groups is 2. The van der Waals surface area contributed by atoms with Crippen molar-refractivity contribution < 1.29 is 33.3 Å². The SMILES string of the molecule is COC(=O)COc1ccc(C2c3c(cc(OC)c(OC)c3OC)C(=O)N2CCCc2ccccc2)cc1. The zero-order valence-corrected chi connectivity index (χ0v) is 21.5. The number of rotatable bonds is 11. The van der Waals surface area contributed by atoms with Crippen molar-refractivity contribution in [2.24, 2.45) is 0 Å². The maximum Gasteiger partial charge on any atom is 0.343 e. The number of hydrogen-bond acceptors (Lipinski definition) is 7. The largest absolute Gasteiger partial charge is 0.493 e. The number of ether oxygens (including phenoxy) is 5. The second-order valence-electron chi connectivity index (χ2n) is 8.53. The lowest BCUT2D eigenvalue weighted by atomic mass is 9.95. The van der Waals surface area contributed by atoms with Gasteiger partial charge in [0.25, 0.3) is 5.91 Å². The molecule has 1 aliphatic heterocycles. The van der Waals surface area contributed by atoms with E-state index in [1.165, 1.54) is 19.8 Å². The third-order valence-corrected chi connectivity index (χ3v) is 6.43. The summed E-state index contributed by atoms with van der Waals surface area (Å²) >= 11 is 0. The van der Waals surface area contributed by atoms with Crippen molar-refractivity contribution >= 4 is 11.9 Å². The number of esters is 1. The van der Waals surface area contributed by atoms with E-state index >= 15 is 0 Å². The summed E-state index contributed by atoms with van der Waals surface area (Å²) in [6, 6.07) is 18.8. The molecule has 0 saturated carbocycles. The number of amides is 1. The van der Waals surface area contributed by atoms with E-state index in [4.69, 9.17) is 18.9 Å². The Balaban J connectivity index is 1.70. The highest BCUT2D eigenvalue weighted by Gasteiger charge is 2.42. The van der Waals surface area contributed by atoms with Crippen LogP contribution in [0, 0.1) is 0 Å². The number of methoxy groups -OCH3 is 4. The molecule has 0 spiro atoms. The predicted molar refractivity (Wildman–Crippen MR) is 138 cm³/mol. The first-order valence-electron chi connectivity index (χ1n) is 12.0. The van der Waals surface area contributed by atoms with E-state index in [1.54, 1.807) is 32.4 Å². The van der Waals surface area contributed by atoms with Crippen molar-refractivity contribution in [3.8, 4) is 23.0 Å². The number of hydrogen-bond donors (Lipinski definition) is 0. The fourth-order valence-corrected chi connectivity index (χ4v) is 4.68. The van der Waals surface area contributed by atoms with Gasteiger partial charge in [0.2, 0.25) is 5.75 Å². The van der Waals surface area contributed by atoms with E-state index in [9.17, 15) is 9.59 Å². The van der Waals surface area contributed by atoms with Gasteiger partial charge in [-0.25, -0.2) is 4.79 Å². The molecule has 0 radical (unpaired) electrons. The van der Waals surface area contributed by atoms with Crippen molar-refractivity contribution in [1.82, 2.24) is 4.90 Å². The quantitative estimate of drug-likeness (QED) is 0.356. The summed E-state index contributed by atoms with van der Waals surface area (Å²) in [6.45, 7) is 0.360. The molecule has 1 atom stereocenters. The van der Waals surface area contributed by atoms with Gasteiger partial charge in [0, 0.05) is 12.1 Å². The fourth-order valence-electron chi connectivity index (χ4n) is 4.68. The van der Waals surface area contributed by atoms with Gasteiger partial charge in [-0.05, 0) is 42.2 Å². The highest BCUT2D eigenvalue weighted by Crippen LogP contribution is 2.51. The molecule has 1 aliphatic rings. The van der Waals surface area contributed by atoms with Gasteiger partial charge >= 0.3 is 5.97 Å². The molecule has 0 aromatic heterocycles. The Morgan fingerprint density at radius 2 is 1.59 bits per heavy atom. The molecule has 37 heavy (non-hydrogen) atoms. The molecule has 0 fully saturated rings. The maximum absolute atomic E-state index is 13.7. The molecule has 0 aliphatic carbocycles. The van der Waals surface area contributed by atoms with Crippen LogP contribution in [0.15, 0.2) is 60.7 Å². The molecular weight excluding hydrogens is 474 g/mol. The molecule has 3 aromatic carbocycles. The fraction of sp³-hybridized carbons (Fsp3) is 0.310. The van der Waals surface area contributed by atoms with Crippen molar-refractivity contribution in [3.63, 3.8) is 0 Å². The average Bonchev–Trinajstić information content (AvgIpc) is 3.22.